The third kappa shape index (κ3) is 1.89. The van der Waals surface area contributed by atoms with E-state index in [1.54, 1.807) is 0 Å². The number of rotatable bonds is 3. The highest BCUT2D eigenvalue weighted by Crippen LogP contribution is 2.14. The van der Waals surface area contributed by atoms with Crippen molar-refractivity contribution in [3.05, 3.63) is 29.3 Å². The Balaban J connectivity index is 3.19. The molecule has 0 saturated carbocycles. The molecule has 1 rings (SSSR count). The van der Waals surface area contributed by atoms with Crippen LogP contribution in [0.3, 0.4) is 0 Å². The number of carboxylic acids is 1. The number of nitrogen functional groups attached to an aromatic ring is 1. The minimum atomic E-state index is -1.20. The maximum absolute atomic E-state index is 11.0. The van der Waals surface area contributed by atoms with E-state index in [1.165, 1.54) is 12.1 Å². The van der Waals surface area contributed by atoms with Crippen LogP contribution in [0.4, 0.5) is 5.69 Å². The zero-order valence-corrected chi connectivity index (χ0v) is 7.23. The molecule has 1 aromatic rings. The van der Waals surface area contributed by atoms with Crippen molar-refractivity contribution in [3.8, 4) is 0 Å². The summed E-state index contributed by atoms with van der Waals surface area (Å²) < 4.78 is 0. The van der Waals surface area contributed by atoms with E-state index in [1.807, 2.05) is 0 Å². The summed E-state index contributed by atoms with van der Waals surface area (Å²) in [6, 6.07) is 3.85. The van der Waals surface area contributed by atoms with Gasteiger partial charge in [0.25, 0.3) is 0 Å². The van der Waals surface area contributed by atoms with Crippen molar-refractivity contribution in [2.45, 2.75) is 0 Å². The number of aliphatic hydroxyl groups is 1. The lowest BCUT2D eigenvalue weighted by molar-refractivity contribution is 0.0698. The number of ketones is 1. The number of benzene rings is 1. The molecule has 0 aliphatic rings. The van der Waals surface area contributed by atoms with Gasteiger partial charge in [0.1, 0.15) is 6.61 Å². The zero-order chi connectivity index (χ0) is 10.7. The van der Waals surface area contributed by atoms with Crippen molar-refractivity contribution in [3.63, 3.8) is 0 Å². The Morgan fingerprint density at radius 3 is 2.50 bits per heavy atom. The molecule has 0 bridgehead atoms. The van der Waals surface area contributed by atoms with E-state index in [9.17, 15) is 9.59 Å². The van der Waals surface area contributed by atoms with Gasteiger partial charge in [0.15, 0.2) is 5.78 Å². The molecular formula is C9H9NO4. The van der Waals surface area contributed by atoms with Gasteiger partial charge in [-0.05, 0) is 18.2 Å². The Morgan fingerprint density at radius 1 is 1.36 bits per heavy atom. The molecule has 0 aliphatic heterocycles. The van der Waals surface area contributed by atoms with Crippen molar-refractivity contribution in [1.82, 2.24) is 0 Å². The van der Waals surface area contributed by atoms with Gasteiger partial charge in [-0.15, -0.1) is 0 Å². The monoisotopic (exact) mass is 195 g/mol. The number of hydrogen-bond donors (Lipinski definition) is 3. The first-order chi connectivity index (χ1) is 6.56. The highest BCUT2D eigenvalue weighted by molar-refractivity contribution is 6.01. The Hall–Kier alpha value is -1.88. The number of nitrogens with two attached hydrogens (primary N) is 1. The summed E-state index contributed by atoms with van der Waals surface area (Å²) in [5.41, 5.74) is 5.47. The first kappa shape index (κ1) is 10.2. The van der Waals surface area contributed by atoms with Crippen LogP contribution in [0.25, 0.3) is 0 Å². The minimum Gasteiger partial charge on any atom is -0.478 e. The Labute approximate surface area is 79.8 Å². The van der Waals surface area contributed by atoms with Gasteiger partial charge in [0.2, 0.25) is 0 Å². The summed E-state index contributed by atoms with van der Waals surface area (Å²) in [4.78, 5) is 21.6. The number of aromatic carboxylic acids is 1. The Bertz CT molecular complexity index is 386. The van der Waals surface area contributed by atoms with Gasteiger partial charge in [0, 0.05) is 11.3 Å². The molecule has 5 nitrogen and oxygen atoms in total. The SMILES string of the molecule is Nc1ccc(C(=O)CO)cc1C(=O)O. The van der Waals surface area contributed by atoms with E-state index < -0.39 is 18.4 Å². The first-order valence-electron chi connectivity index (χ1n) is 3.83. The molecule has 0 unspecified atom stereocenters. The van der Waals surface area contributed by atoms with Crippen molar-refractivity contribution in [1.29, 1.82) is 0 Å². The van der Waals surface area contributed by atoms with Crippen LogP contribution in [0, 0.1) is 0 Å². The summed E-state index contributed by atoms with van der Waals surface area (Å²) in [5.74, 6) is -1.73. The fourth-order valence-corrected chi connectivity index (χ4v) is 1.01. The molecule has 0 aromatic heterocycles. The second-order valence-corrected chi connectivity index (χ2v) is 2.69. The molecule has 74 valence electrons. The third-order valence-electron chi connectivity index (χ3n) is 1.75. The van der Waals surface area contributed by atoms with E-state index >= 15 is 0 Å². The van der Waals surface area contributed by atoms with Gasteiger partial charge < -0.3 is 15.9 Å². The van der Waals surface area contributed by atoms with Crippen molar-refractivity contribution < 1.29 is 19.8 Å². The molecule has 4 N–H and O–H groups in total. The standard InChI is InChI=1S/C9H9NO4/c10-7-2-1-5(8(12)4-11)3-6(7)9(13)14/h1-3,11H,4,10H2,(H,13,14). The first-order valence-corrected chi connectivity index (χ1v) is 3.83. The highest BCUT2D eigenvalue weighted by Gasteiger charge is 2.11. The Kier molecular flexibility index (Phi) is 2.83. The van der Waals surface area contributed by atoms with Crippen molar-refractivity contribution in [2.24, 2.45) is 0 Å². The van der Waals surface area contributed by atoms with Crippen LogP contribution in [0.2, 0.25) is 0 Å². The van der Waals surface area contributed by atoms with E-state index in [0.29, 0.717) is 0 Å². The van der Waals surface area contributed by atoms with Crippen LogP contribution in [0.1, 0.15) is 20.7 Å². The predicted molar refractivity (Wildman–Crippen MR) is 49.2 cm³/mol. The van der Waals surface area contributed by atoms with Crippen LogP contribution in [0.15, 0.2) is 18.2 Å². The number of aliphatic hydroxyl groups excluding tert-OH is 1. The molecule has 5 heteroatoms. The van der Waals surface area contributed by atoms with E-state index in [4.69, 9.17) is 15.9 Å². The fraction of sp³-hybridized carbons (Fsp3) is 0.111. The number of Topliss-reactive ketones (excluding diaryl/α,β-unsaturated/α-hetero) is 1. The number of hydrogen-bond acceptors (Lipinski definition) is 4. The third-order valence-corrected chi connectivity index (χ3v) is 1.75. The highest BCUT2D eigenvalue weighted by atomic mass is 16.4. The van der Waals surface area contributed by atoms with Crippen LogP contribution in [0.5, 0.6) is 0 Å². The molecular weight excluding hydrogens is 186 g/mol. The molecule has 1 aromatic carbocycles. The summed E-state index contributed by atoms with van der Waals surface area (Å²) in [7, 11) is 0. The van der Waals surface area contributed by atoms with Crippen LogP contribution >= 0.6 is 0 Å². The number of carbonyl (C=O) groups is 2. The molecule has 0 amide bonds. The van der Waals surface area contributed by atoms with E-state index in [-0.39, 0.29) is 16.8 Å². The second-order valence-electron chi connectivity index (χ2n) is 2.69. The van der Waals surface area contributed by atoms with E-state index in [2.05, 4.69) is 0 Å². The lowest BCUT2D eigenvalue weighted by atomic mass is 10.1. The predicted octanol–water partition coefficient (Wildman–Crippen LogP) is 0.142. The van der Waals surface area contributed by atoms with Crippen LogP contribution in [-0.2, 0) is 0 Å². The lowest BCUT2D eigenvalue weighted by Gasteiger charge is -2.02. The van der Waals surface area contributed by atoms with Gasteiger partial charge in [-0.1, -0.05) is 0 Å². The maximum atomic E-state index is 11.0. The summed E-state index contributed by atoms with van der Waals surface area (Å²) in [6.07, 6.45) is 0. The topological polar surface area (TPSA) is 101 Å². The smallest absolute Gasteiger partial charge is 0.337 e. The molecule has 0 atom stereocenters. The van der Waals surface area contributed by atoms with Gasteiger partial charge in [-0.3, -0.25) is 4.79 Å². The average molecular weight is 195 g/mol. The van der Waals surface area contributed by atoms with E-state index in [0.717, 1.165) is 6.07 Å². The molecule has 14 heavy (non-hydrogen) atoms. The molecule has 0 heterocycles. The van der Waals surface area contributed by atoms with Gasteiger partial charge in [-0.2, -0.15) is 0 Å². The van der Waals surface area contributed by atoms with Gasteiger partial charge >= 0.3 is 5.97 Å². The van der Waals surface area contributed by atoms with Crippen LogP contribution in [-0.4, -0.2) is 28.6 Å². The minimum absolute atomic E-state index is 0.0898. The lowest BCUT2D eigenvalue weighted by Crippen LogP contribution is -2.08. The van der Waals surface area contributed by atoms with Crippen LogP contribution < -0.4 is 5.73 Å². The quantitative estimate of drug-likeness (QED) is 0.470. The molecule has 0 saturated heterocycles. The second kappa shape index (κ2) is 3.89. The largest absolute Gasteiger partial charge is 0.478 e. The van der Waals surface area contributed by atoms with Crippen molar-refractivity contribution >= 4 is 17.4 Å². The van der Waals surface area contributed by atoms with Crippen molar-refractivity contribution in [2.75, 3.05) is 12.3 Å². The summed E-state index contributed by atoms with van der Waals surface area (Å²) >= 11 is 0. The number of carbonyl (C=O) groups excluding carboxylic acids is 1. The molecule has 0 fully saturated rings. The van der Waals surface area contributed by atoms with Gasteiger partial charge in [0.05, 0.1) is 5.56 Å². The average Bonchev–Trinajstić information content (AvgIpc) is 2.17. The molecule has 0 aliphatic carbocycles. The fourth-order valence-electron chi connectivity index (χ4n) is 1.01. The van der Waals surface area contributed by atoms with Gasteiger partial charge in [-0.25, -0.2) is 4.79 Å². The molecule has 0 radical (unpaired) electrons. The number of carboxylic acid groups (broad SMARTS) is 1. The molecule has 0 spiro atoms. The zero-order valence-electron chi connectivity index (χ0n) is 7.23. The summed E-state index contributed by atoms with van der Waals surface area (Å²) in [5, 5.41) is 17.2. The maximum Gasteiger partial charge on any atom is 0.337 e. The number of anilines is 1. The Morgan fingerprint density at radius 2 is 2.00 bits per heavy atom. The normalized spacial score (nSPS) is 9.79. The summed E-state index contributed by atoms with van der Waals surface area (Å²) in [6.45, 7) is -0.650.